The lowest BCUT2D eigenvalue weighted by atomic mass is 10.3. The van der Waals surface area contributed by atoms with Crippen molar-refractivity contribution in [2.75, 3.05) is 6.61 Å². The van der Waals surface area contributed by atoms with Crippen LogP contribution in [0.3, 0.4) is 0 Å². The fraction of sp³-hybridized carbons (Fsp3) is 0.222. The summed E-state index contributed by atoms with van der Waals surface area (Å²) in [5.41, 5.74) is -0.396. The predicted octanol–water partition coefficient (Wildman–Crippen LogP) is 1.61. The number of carboxylic acid groups (broad SMARTS) is 1. The van der Waals surface area contributed by atoms with Crippen LogP contribution in [0.2, 0.25) is 5.02 Å². The second kappa shape index (κ2) is 4.75. The molecular weight excluding hydrogens is 222 g/mol. The molecule has 0 unspecified atom stereocenters. The summed E-state index contributed by atoms with van der Waals surface area (Å²) in [6.45, 7) is 1.83. The monoisotopic (exact) mass is 229 g/mol. The van der Waals surface area contributed by atoms with Crippen molar-refractivity contribution in [3.63, 3.8) is 0 Å². The minimum atomic E-state index is -1.25. The van der Waals surface area contributed by atoms with Gasteiger partial charge >= 0.3 is 11.9 Å². The number of esters is 1. The van der Waals surface area contributed by atoms with Gasteiger partial charge < -0.3 is 9.84 Å². The molecule has 0 aromatic carbocycles. The second-order valence-corrected chi connectivity index (χ2v) is 3.02. The van der Waals surface area contributed by atoms with Gasteiger partial charge in [0.15, 0.2) is 11.4 Å². The van der Waals surface area contributed by atoms with Gasteiger partial charge in [-0.1, -0.05) is 11.6 Å². The average molecular weight is 230 g/mol. The standard InChI is InChI=1S/C9H8ClNO4/c1-2-15-9(14)7-4-5(10)3-6(11-7)8(12)13/h3-4H,2H2,1H3,(H,12,13). The fourth-order valence-electron chi connectivity index (χ4n) is 0.916. The van der Waals surface area contributed by atoms with Gasteiger partial charge in [0.1, 0.15) is 0 Å². The highest BCUT2D eigenvalue weighted by atomic mass is 35.5. The van der Waals surface area contributed by atoms with Crippen molar-refractivity contribution in [1.82, 2.24) is 4.98 Å². The Morgan fingerprint density at radius 2 is 2.07 bits per heavy atom. The molecule has 1 aromatic heterocycles. The van der Waals surface area contributed by atoms with Gasteiger partial charge in [-0.25, -0.2) is 14.6 Å². The zero-order valence-corrected chi connectivity index (χ0v) is 8.61. The molecule has 0 spiro atoms. The lowest BCUT2D eigenvalue weighted by Crippen LogP contribution is -2.10. The third-order valence-corrected chi connectivity index (χ3v) is 1.71. The molecule has 0 saturated heterocycles. The van der Waals surface area contributed by atoms with Crippen molar-refractivity contribution in [2.24, 2.45) is 0 Å². The molecule has 0 saturated carbocycles. The van der Waals surface area contributed by atoms with E-state index in [1.54, 1.807) is 6.92 Å². The summed E-state index contributed by atoms with van der Waals surface area (Å²) in [6.07, 6.45) is 0. The maximum absolute atomic E-state index is 11.2. The van der Waals surface area contributed by atoms with E-state index in [1.165, 1.54) is 6.07 Å². The second-order valence-electron chi connectivity index (χ2n) is 2.58. The molecule has 0 aliphatic heterocycles. The van der Waals surface area contributed by atoms with Crippen LogP contribution in [-0.4, -0.2) is 28.6 Å². The number of hydrogen-bond donors (Lipinski definition) is 1. The Bertz CT molecular complexity index is 405. The van der Waals surface area contributed by atoms with Crippen molar-refractivity contribution in [2.45, 2.75) is 6.92 Å². The number of carbonyl (C=O) groups is 2. The number of pyridine rings is 1. The topological polar surface area (TPSA) is 76.5 Å². The molecule has 0 aliphatic carbocycles. The Kier molecular flexibility index (Phi) is 3.62. The molecule has 0 radical (unpaired) electrons. The highest BCUT2D eigenvalue weighted by Crippen LogP contribution is 2.12. The largest absolute Gasteiger partial charge is 0.477 e. The average Bonchev–Trinajstić information content (AvgIpc) is 2.17. The van der Waals surface area contributed by atoms with Gasteiger partial charge in [-0.2, -0.15) is 0 Å². The third-order valence-electron chi connectivity index (χ3n) is 1.49. The third kappa shape index (κ3) is 2.92. The number of aromatic carboxylic acids is 1. The van der Waals surface area contributed by atoms with Crippen LogP contribution in [0.4, 0.5) is 0 Å². The molecule has 0 amide bonds. The number of aromatic nitrogens is 1. The van der Waals surface area contributed by atoms with Gasteiger partial charge in [0.05, 0.1) is 6.61 Å². The van der Waals surface area contributed by atoms with Crippen LogP contribution in [0, 0.1) is 0 Å². The zero-order chi connectivity index (χ0) is 11.4. The van der Waals surface area contributed by atoms with Gasteiger partial charge in [-0.05, 0) is 19.1 Å². The SMILES string of the molecule is CCOC(=O)c1cc(Cl)cc(C(=O)O)n1. The predicted molar refractivity (Wildman–Crippen MR) is 52.2 cm³/mol. The van der Waals surface area contributed by atoms with E-state index in [9.17, 15) is 9.59 Å². The van der Waals surface area contributed by atoms with E-state index in [0.29, 0.717) is 0 Å². The quantitative estimate of drug-likeness (QED) is 0.797. The van der Waals surface area contributed by atoms with Gasteiger partial charge in [0.2, 0.25) is 0 Å². The van der Waals surface area contributed by atoms with Crippen LogP contribution in [0.15, 0.2) is 12.1 Å². The van der Waals surface area contributed by atoms with E-state index in [0.717, 1.165) is 6.07 Å². The summed E-state index contributed by atoms with van der Waals surface area (Å²) in [5, 5.41) is 8.80. The minimum absolute atomic E-state index is 0.109. The van der Waals surface area contributed by atoms with Gasteiger partial charge in [-0.3, -0.25) is 0 Å². The van der Waals surface area contributed by atoms with Crippen molar-refractivity contribution < 1.29 is 19.4 Å². The van der Waals surface area contributed by atoms with E-state index >= 15 is 0 Å². The Balaban J connectivity index is 3.09. The molecule has 0 aliphatic rings. The molecule has 0 fully saturated rings. The summed E-state index contributed by atoms with van der Waals surface area (Å²) >= 11 is 5.63. The normalized spacial score (nSPS) is 9.73. The number of carbonyl (C=O) groups excluding carboxylic acids is 1. The first-order chi connectivity index (χ1) is 7.04. The molecule has 15 heavy (non-hydrogen) atoms. The fourth-order valence-corrected chi connectivity index (χ4v) is 1.12. The van der Waals surface area contributed by atoms with Crippen LogP contribution in [0.5, 0.6) is 0 Å². The highest BCUT2D eigenvalue weighted by Gasteiger charge is 2.14. The number of rotatable bonds is 3. The molecule has 80 valence electrons. The first-order valence-corrected chi connectivity index (χ1v) is 4.50. The molecule has 0 atom stereocenters. The van der Waals surface area contributed by atoms with Gasteiger partial charge in [0, 0.05) is 5.02 Å². The van der Waals surface area contributed by atoms with Crippen LogP contribution >= 0.6 is 11.6 Å². The molecule has 1 aromatic rings. The van der Waals surface area contributed by atoms with Crippen LogP contribution in [0.1, 0.15) is 27.9 Å². The summed E-state index contributed by atoms with van der Waals surface area (Å²) in [7, 11) is 0. The number of nitrogens with zero attached hydrogens (tertiary/aromatic N) is 1. The minimum Gasteiger partial charge on any atom is -0.477 e. The maximum Gasteiger partial charge on any atom is 0.356 e. The summed E-state index contributed by atoms with van der Waals surface area (Å²) < 4.78 is 4.66. The molecule has 1 heterocycles. The van der Waals surface area contributed by atoms with Gasteiger partial charge in [-0.15, -0.1) is 0 Å². The molecule has 6 heteroatoms. The first-order valence-electron chi connectivity index (χ1n) is 4.12. The molecule has 5 nitrogen and oxygen atoms in total. The Labute approximate surface area is 90.6 Å². The van der Waals surface area contributed by atoms with E-state index in [1.807, 2.05) is 0 Å². The molecule has 0 bridgehead atoms. The summed E-state index contributed by atoms with van der Waals surface area (Å²) in [6, 6.07) is 2.42. The maximum atomic E-state index is 11.2. The number of halogens is 1. The Morgan fingerprint density at radius 3 is 2.60 bits per heavy atom. The Hall–Kier alpha value is -1.62. The number of carboxylic acids is 1. The van der Waals surface area contributed by atoms with Crippen molar-refractivity contribution in [3.05, 3.63) is 28.5 Å². The zero-order valence-electron chi connectivity index (χ0n) is 7.86. The summed E-state index contributed by atoms with van der Waals surface area (Å²) in [4.78, 5) is 25.4. The molecule has 1 rings (SSSR count). The summed E-state index contributed by atoms with van der Waals surface area (Å²) in [5.74, 6) is -1.94. The number of hydrogen-bond acceptors (Lipinski definition) is 4. The van der Waals surface area contributed by atoms with Crippen molar-refractivity contribution in [3.8, 4) is 0 Å². The van der Waals surface area contributed by atoms with Crippen molar-refractivity contribution in [1.29, 1.82) is 0 Å². The van der Waals surface area contributed by atoms with Crippen LogP contribution in [0.25, 0.3) is 0 Å². The van der Waals surface area contributed by atoms with E-state index in [4.69, 9.17) is 16.7 Å². The lowest BCUT2D eigenvalue weighted by Gasteiger charge is -2.02. The van der Waals surface area contributed by atoms with E-state index in [2.05, 4.69) is 9.72 Å². The van der Waals surface area contributed by atoms with E-state index in [-0.39, 0.29) is 23.0 Å². The van der Waals surface area contributed by atoms with E-state index < -0.39 is 11.9 Å². The smallest absolute Gasteiger partial charge is 0.356 e. The highest BCUT2D eigenvalue weighted by molar-refractivity contribution is 6.31. The van der Waals surface area contributed by atoms with Crippen LogP contribution < -0.4 is 0 Å². The lowest BCUT2D eigenvalue weighted by molar-refractivity contribution is 0.0519. The van der Waals surface area contributed by atoms with Crippen LogP contribution in [-0.2, 0) is 4.74 Å². The first kappa shape index (κ1) is 11.5. The molecule has 1 N–H and O–H groups in total. The number of ether oxygens (including phenoxy) is 1. The van der Waals surface area contributed by atoms with Gasteiger partial charge in [0.25, 0.3) is 0 Å². The van der Waals surface area contributed by atoms with Crippen molar-refractivity contribution >= 4 is 23.5 Å². The Morgan fingerprint density at radius 1 is 1.47 bits per heavy atom. The molecular formula is C9H8ClNO4.